The molecule has 0 spiro atoms. The molecule has 2 saturated heterocycles. The molecule has 2 unspecified atom stereocenters. The van der Waals surface area contributed by atoms with Gasteiger partial charge in [-0.25, -0.2) is 0 Å². The highest BCUT2D eigenvalue weighted by Gasteiger charge is 2.35. The minimum Gasteiger partial charge on any atom is -0.468 e. The minimum absolute atomic E-state index is 0.0609. The van der Waals surface area contributed by atoms with Crippen molar-refractivity contribution in [2.75, 3.05) is 33.3 Å². The Bertz CT molecular complexity index is 262. The standard InChI is InChI=1S/C13H24N2O2/c1-3-15-6-4-10(5-7-15)11-8-12(14-9-11)13(16)17-2/h10-12,14H,3-9H2,1-2H3. The maximum Gasteiger partial charge on any atom is 0.322 e. The van der Waals surface area contributed by atoms with Gasteiger partial charge in [-0.05, 0) is 57.3 Å². The molecule has 2 aliphatic rings. The molecule has 0 aromatic carbocycles. The Morgan fingerprint density at radius 1 is 1.35 bits per heavy atom. The molecule has 0 aromatic heterocycles. The van der Waals surface area contributed by atoms with Crippen molar-refractivity contribution in [1.29, 1.82) is 0 Å². The van der Waals surface area contributed by atoms with E-state index in [4.69, 9.17) is 4.74 Å². The van der Waals surface area contributed by atoms with E-state index in [0.29, 0.717) is 5.92 Å². The first kappa shape index (κ1) is 12.8. The lowest BCUT2D eigenvalue weighted by molar-refractivity contribution is -0.142. The SMILES string of the molecule is CCN1CCC(C2CNC(C(=O)OC)C2)CC1. The molecule has 1 N–H and O–H groups in total. The summed E-state index contributed by atoms with van der Waals surface area (Å²) in [5.74, 6) is 1.36. The number of ether oxygens (including phenoxy) is 1. The molecule has 0 aliphatic carbocycles. The van der Waals surface area contributed by atoms with Crippen LogP contribution in [-0.2, 0) is 9.53 Å². The molecule has 4 heteroatoms. The summed E-state index contributed by atoms with van der Waals surface area (Å²) in [6, 6.07) is -0.0609. The molecule has 2 aliphatic heterocycles. The second kappa shape index (κ2) is 5.83. The average molecular weight is 240 g/mol. The van der Waals surface area contributed by atoms with Crippen LogP contribution in [0.5, 0.6) is 0 Å². The first-order valence-corrected chi connectivity index (χ1v) is 6.78. The van der Waals surface area contributed by atoms with E-state index in [0.717, 1.165) is 18.9 Å². The Kier molecular flexibility index (Phi) is 4.40. The van der Waals surface area contributed by atoms with Crippen LogP contribution in [0.2, 0.25) is 0 Å². The fraction of sp³-hybridized carbons (Fsp3) is 0.923. The van der Waals surface area contributed by atoms with Gasteiger partial charge in [0, 0.05) is 0 Å². The molecule has 17 heavy (non-hydrogen) atoms. The van der Waals surface area contributed by atoms with Crippen molar-refractivity contribution in [3.05, 3.63) is 0 Å². The topological polar surface area (TPSA) is 41.6 Å². The van der Waals surface area contributed by atoms with Crippen molar-refractivity contribution in [3.8, 4) is 0 Å². The number of esters is 1. The Hall–Kier alpha value is -0.610. The molecule has 2 heterocycles. The molecule has 4 nitrogen and oxygen atoms in total. The molecule has 0 aromatic rings. The van der Waals surface area contributed by atoms with Gasteiger partial charge in [0.15, 0.2) is 0 Å². The molecular formula is C13H24N2O2. The largest absolute Gasteiger partial charge is 0.468 e. The third-order valence-corrected chi connectivity index (χ3v) is 4.40. The Morgan fingerprint density at radius 2 is 2.06 bits per heavy atom. The summed E-state index contributed by atoms with van der Waals surface area (Å²) in [6.45, 7) is 6.82. The molecule has 0 radical (unpaired) electrons. The molecule has 0 bridgehead atoms. The van der Waals surface area contributed by atoms with Gasteiger partial charge in [-0.15, -0.1) is 0 Å². The van der Waals surface area contributed by atoms with E-state index in [1.165, 1.54) is 39.6 Å². The van der Waals surface area contributed by atoms with Crippen LogP contribution in [0.15, 0.2) is 0 Å². The van der Waals surface area contributed by atoms with Crippen molar-refractivity contribution in [1.82, 2.24) is 10.2 Å². The molecule has 2 atom stereocenters. The summed E-state index contributed by atoms with van der Waals surface area (Å²) in [5, 5.41) is 3.29. The van der Waals surface area contributed by atoms with E-state index in [1.54, 1.807) is 0 Å². The van der Waals surface area contributed by atoms with E-state index < -0.39 is 0 Å². The van der Waals surface area contributed by atoms with Gasteiger partial charge < -0.3 is 15.0 Å². The fourth-order valence-corrected chi connectivity index (χ4v) is 3.18. The lowest BCUT2D eigenvalue weighted by atomic mass is 9.83. The number of likely N-dealkylation sites (tertiary alicyclic amines) is 1. The van der Waals surface area contributed by atoms with Crippen LogP contribution in [0, 0.1) is 11.8 Å². The van der Waals surface area contributed by atoms with E-state index in [9.17, 15) is 4.79 Å². The first-order chi connectivity index (χ1) is 8.24. The van der Waals surface area contributed by atoms with E-state index in [2.05, 4.69) is 17.1 Å². The van der Waals surface area contributed by atoms with E-state index in [1.807, 2.05) is 0 Å². The summed E-state index contributed by atoms with van der Waals surface area (Å²) in [5.41, 5.74) is 0. The Morgan fingerprint density at radius 3 is 2.65 bits per heavy atom. The van der Waals surface area contributed by atoms with Crippen molar-refractivity contribution < 1.29 is 9.53 Å². The van der Waals surface area contributed by atoms with Gasteiger partial charge in [-0.3, -0.25) is 4.79 Å². The summed E-state index contributed by atoms with van der Waals surface area (Å²) < 4.78 is 4.79. The number of hydrogen-bond acceptors (Lipinski definition) is 4. The second-order valence-corrected chi connectivity index (χ2v) is 5.25. The third-order valence-electron chi connectivity index (χ3n) is 4.40. The second-order valence-electron chi connectivity index (χ2n) is 5.25. The zero-order valence-corrected chi connectivity index (χ0v) is 10.9. The van der Waals surface area contributed by atoms with Crippen LogP contribution in [0.25, 0.3) is 0 Å². The van der Waals surface area contributed by atoms with Gasteiger partial charge in [0.25, 0.3) is 0 Å². The number of carbonyl (C=O) groups is 1. The number of methoxy groups -OCH3 is 1. The normalized spacial score (nSPS) is 31.6. The number of carbonyl (C=O) groups excluding carboxylic acids is 1. The Balaban J connectivity index is 1.79. The molecule has 2 fully saturated rings. The molecule has 0 saturated carbocycles. The lowest BCUT2D eigenvalue weighted by Gasteiger charge is -2.33. The highest BCUT2D eigenvalue weighted by molar-refractivity contribution is 5.76. The van der Waals surface area contributed by atoms with E-state index >= 15 is 0 Å². The van der Waals surface area contributed by atoms with Crippen LogP contribution < -0.4 is 5.32 Å². The molecule has 98 valence electrons. The summed E-state index contributed by atoms with van der Waals surface area (Å²) in [7, 11) is 1.47. The zero-order chi connectivity index (χ0) is 12.3. The van der Waals surface area contributed by atoms with Crippen molar-refractivity contribution in [3.63, 3.8) is 0 Å². The fourth-order valence-electron chi connectivity index (χ4n) is 3.18. The van der Waals surface area contributed by atoms with Gasteiger partial charge in [0.1, 0.15) is 6.04 Å². The number of hydrogen-bond donors (Lipinski definition) is 1. The summed E-state index contributed by atoms with van der Waals surface area (Å²) >= 11 is 0. The predicted octanol–water partition coefficient (Wildman–Crippen LogP) is 0.869. The number of nitrogens with one attached hydrogen (secondary N) is 1. The first-order valence-electron chi connectivity index (χ1n) is 6.78. The van der Waals surface area contributed by atoms with Gasteiger partial charge in [0.05, 0.1) is 7.11 Å². The summed E-state index contributed by atoms with van der Waals surface area (Å²) in [6.07, 6.45) is 3.53. The van der Waals surface area contributed by atoms with E-state index in [-0.39, 0.29) is 12.0 Å². The van der Waals surface area contributed by atoms with Crippen LogP contribution in [-0.4, -0.2) is 50.2 Å². The smallest absolute Gasteiger partial charge is 0.322 e. The van der Waals surface area contributed by atoms with Gasteiger partial charge >= 0.3 is 5.97 Å². The highest BCUT2D eigenvalue weighted by Crippen LogP contribution is 2.31. The highest BCUT2D eigenvalue weighted by atomic mass is 16.5. The predicted molar refractivity (Wildman–Crippen MR) is 66.8 cm³/mol. The average Bonchev–Trinajstić information content (AvgIpc) is 2.87. The quantitative estimate of drug-likeness (QED) is 0.743. The lowest BCUT2D eigenvalue weighted by Crippen LogP contribution is -2.36. The Labute approximate surface area is 104 Å². The van der Waals surface area contributed by atoms with Crippen LogP contribution >= 0.6 is 0 Å². The van der Waals surface area contributed by atoms with Gasteiger partial charge in [0.2, 0.25) is 0 Å². The van der Waals surface area contributed by atoms with Crippen molar-refractivity contribution >= 4 is 5.97 Å². The van der Waals surface area contributed by atoms with Crippen LogP contribution in [0.1, 0.15) is 26.2 Å². The van der Waals surface area contributed by atoms with Crippen molar-refractivity contribution in [2.24, 2.45) is 11.8 Å². The van der Waals surface area contributed by atoms with Crippen LogP contribution in [0.4, 0.5) is 0 Å². The van der Waals surface area contributed by atoms with Gasteiger partial charge in [-0.2, -0.15) is 0 Å². The molecular weight excluding hydrogens is 216 g/mol. The monoisotopic (exact) mass is 240 g/mol. The third kappa shape index (κ3) is 2.99. The maximum absolute atomic E-state index is 11.4. The summed E-state index contributed by atoms with van der Waals surface area (Å²) in [4.78, 5) is 14.0. The van der Waals surface area contributed by atoms with Gasteiger partial charge in [-0.1, -0.05) is 6.92 Å². The zero-order valence-electron chi connectivity index (χ0n) is 10.9. The molecule has 0 amide bonds. The maximum atomic E-state index is 11.4. The number of rotatable bonds is 3. The van der Waals surface area contributed by atoms with Crippen LogP contribution in [0.3, 0.4) is 0 Å². The molecule has 2 rings (SSSR count). The van der Waals surface area contributed by atoms with Crippen molar-refractivity contribution in [2.45, 2.75) is 32.2 Å². The number of piperidine rings is 1. The minimum atomic E-state index is -0.0986. The number of nitrogens with zero attached hydrogens (tertiary/aromatic N) is 1.